The highest BCUT2D eigenvalue weighted by Crippen LogP contribution is 2.26. The molecule has 111 valence electrons. The maximum absolute atomic E-state index is 12.2. The lowest BCUT2D eigenvalue weighted by atomic mass is 9.86. The largest absolute Gasteiger partial charge is 0.464 e. The molecule has 3 nitrogen and oxygen atoms in total. The first-order valence-electron chi connectivity index (χ1n) is 7.92. The average molecular weight is 284 g/mol. The highest BCUT2D eigenvalue weighted by molar-refractivity contribution is 6.05. The number of hydrogen-bond donors (Lipinski definition) is 1. The van der Waals surface area contributed by atoms with Gasteiger partial charge in [0.15, 0.2) is 0 Å². The van der Waals surface area contributed by atoms with Gasteiger partial charge in [-0.05, 0) is 37.0 Å². The Hall–Kier alpha value is -1.77. The minimum absolute atomic E-state index is 0.0148. The lowest BCUT2D eigenvalue weighted by molar-refractivity contribution is 0.0955. The summed E-state index contributed by atoms with van der Waals surface area (Å²) >= 11 is 0. The molecule has 1 aliphatic carbocycles. The first-order valence-corrected chi connectivity index (χ1v) is 7.92. The van der Waals surface area contributed by atoms with E-state index in [1.165, 1.54) is 32.1 Å². The average Bonchev–Trinajstić information content (AvgIpc) is 3.01. The molecule has 0 saturated heterocycles. The number of nitrogens with one attached hydrogen (secondary N) is 1. The molecular formula is C18H22NO2. The van der Waals surface area contributed by atoms with Crippen LogP contribution in [-0.2, 0) is 0 Å². The van der Waals surface area contributed by atoms with E-state index in [1.54, 1.807) is 6.26 Å². The second-order valence-corrected chi connectivity index (χ2v) is 5.82. The van der Waals surface area contributed by atoms with Gasteiger partial charge in [-0.3, -0.25) is 4.79 Å². The predicted molar refractivity (Wildman–Crippen MR) is 84.0 cm³/mol. The van der Waals surface area contributed by atoms with Gasteiger partial charge in [0.2, 0.25) is 0 Å². The van der Waals surface area contributed by atoms with Crippen molar-refractivity contribution in [1.82, 2.24) is 5.32 Å². The van der Waals surface area contributed by atoms with Crippen LogP contribution >= 0.6 is 0 Å². The predicted octanol–water partition coefficient (Wildman–Crippen LogP) is 4.34. The molecule has 0 atom stereocenters. The minimum Gasteiger partial charge on any atom is -0.464 e. The first-order chi connectivity index (χ1) is 10.3. The van der Waals surface area contributed by atoms with Gasteiger partial charge >= 0.3 is 0 Å². The van der Waals surface area contributed by atoms with Crippen molar-refractivity contribution >= 4 is 16.9 Å². The molecule has 1 amide bonds. The Bertz CT molecular complexity index is 596. The van der Waals surface area contributed by atoms with Gasteiger partial charge in [0.1, 0.15) is 5.58 Å². The Labute approximate surface area is 125 Å². The summed E-state index contributed by atoms with van der Waals surface area (Å²) in [7, 11) is 0. The molecule has 1 saturated carbocycles. The molecular weight excluding hydrogens is 262 g/mol. The monoisotopic (exact) mass is 284 g/mol. The Morgan fingerprint density at radius 2 is 2.10 bits per heavy atom. The van der Waals surface area contributed by atoms with Gasteiger partial charge in [0, 0.05) is 11.9 Å². The lowest BCUT2D eigenvalue weighted by Crippen LogP contribution is -2.25. The van der Waals surface area contributed by atoms with Crippen LogP contribution in [0.15, 0.2) is 34.9 Å². The standard InChI is InChI=1S/C18H22NO2/c20-18(16-9-4-10-17-15(16)11-13-21-17)19-12-5-8-14-6-2-1-3-7-14/h4,8-11,13-14H,1-3,5-7,12H2,(H,19,20). The Morgan fingerprint density at radius 3 is 2.95 bits per heavy atom. The zero-order chi connectivity index (χ0) is 14.5. The second-order valence-electron chi connectivity index (χ2n) is 5.82. The molecule has 0 spiro atoms. The molecule has 21 heavy (non-hydrogen) atoms. The molecule has 3 rings (SSSR count). The number of carbonyl (C=O) groups excluding carboxylic acids is 1. The maximum atomic E-state index is 12.2. The summed E-state index contributed by atoms with van der Waals surface area (Å²) < 4.78 is 5.33. The van der Waals surface area contributed by atoms with Crippen molar-refractivity contribution in [3.05, 3.63) is 42.5 Å². The van der Waals surface area contributed by atoms with Gasteiger partial charge in [-0.2, -0.15) is 0 Å². The molecule has 0 bridgehead atoms. The molecule has 0 aliphatic heterocycles. The van der Waals surface area contributed by atoms with E-state index in [9.17, 15) is 4.79 Å². The van der Waals surface area contributed by atoms with Crippen LogP contribution in [-0.4, -0.2) is 12.5 Å². The van der Waals surface area contributed by atoms with E-state index >= 15 is 0 Å². The SMILES string of the molecule is O=C(NCC[CH]C1CCCCC1)c1cccc2occc12. The van der Waals surface area contributed by atoms with Crippen LogP contribution in [0.4, 0.5) is 0 Å². The smallest absolute Gasteiger partial charge is 0.252 e. The molecule has 1 fully saturated rings. The van der Waals surface area contributed by atoms with E-state index in [4.69, 9.17) is 4.42 Å². The third-order valence-electron chi connectivity index (χ3n) is 4.32. The number of hydrogen-bond acceptors (Lipinski definition) is 2. The van der Waals surface area contributed by atoms with Gasteiger partial charge in [-0.1, -0.05) is 38.2 Å². The maximum Gasteiger partial charge on any atom is 0.252 e. The van der Waals surface area contributed by atoms with Crippen LogP contribution in [0.5, 0.6) is 0 Å². The van der Waals surface area contributed by atoms with Crippen molar-refractivity contribution in [2.75, 3.05) is 6.54 Å². The lowest BCUT2D eigenvalue weighted by Gasteiger charge is -2.21. The normalized spacial score (nSPS) is 16.2. The van der Waals surface area contributed by atoms with Crippen molar-refractivity contribution in [3.63, 3.8) is 0 Å². The third-order valence-corrected chi connectivity index (χ3v) is 4.32. The summed E-state index contributed by atoms with van der Waals surface area (Å²) in [5.41, 5.74) is 1.45. The van der Waals surface area contributed by atoms with Crippen molar-refractivity contribution in [2.45, 2.75) is 38.5 Å². The molecule has 3 heteroatoms. The molecule has 1 radical (unpaired) electrons. The zero-order valence-corrected chi connectivity index (χ0v) is 12.3. The summed E-state index contributed by atoms with van der Waals surface area (Å²) in [6, 6.07) is 7.42. The van der Waals surface area contributed by atoms with Crippen molar-refractivity contribution in [3.8, 4) is 0 Å². The Kier molecular flexibility index (Phi) is 4.59. The Balaban J connectivity index is 1.49. The van der Waals surface area contributed by atoms with E-state index in [1.807, 2.05) is 24.3 Å². The molecule has 1 aliphatic rings. The highest BCUT2D eigenvalue weighted by Gasteiger charge is 2.14. The molecule has 1 aromatic carbocycles. The van der Waals surface area contributed by atoms with Crippen LogP contribution in [0.2, 0.25) is 0 Å². The number of benzene rings is 1. The van der Waals surface area contributed by atoms with Crippen LogP contribution < -0.4 is 5.32 Å². The van der Waals surface area contributed by atoms with Crippen LogP contribution in [0, 0.1) is 12.3 Å². The fourth-order valence-corrected chi connectivity index (χ4v) is 3.16. The summed E-state index contributed by atoms with van der Waals surface area (Å²) in [6.07, 6.45) is 11.7. The molecule has 1 heterocycles. The third kappa shape index (κ3) is 3.46. The molecule has 0 unspecified atom stereocenters. The zero-order valence-electron chi connectivity index (χ0n) is 12.3. The van der Waals surface area contributed by atoms with E-state index in [-0.39, 0.29) is 5.91 Å². The number of amides is 1. The summed E-state index contributed by atoms with van der Waals surface area (Å²) in [6.45, 7) is 0.712. The highest BCUT2D eigenvalue weighted by atomic mass is 16.3. The topological polar surface area (TPSA) is 42.2 Å². The van der Waals surface area contributed by atoms with Gasteiger partial charge in [-0.15, -0.1) is 0 Å². The first kappa shape index (κ1) is 14.2. The van der Waals surface area contributed by atoms with Gasteiger partial charge in [-0.25, -0.2) is 0 Å². The van der Waals surface area contributed by atoms with Crippen molar-refractivity contribution < 1.29 is 9.21 Å². The molecule has 2 aromatic rings. The summed E-state index contributed by atoms with van der Waals surface area (Å²) in [5.74, 6) is 0.743. The minimum atomic E-state index is -0.0148. The van der Waals surface area contributed by atoms with Gasteiger partial charge < -0.3 is 9.73 Å². The van der Waals surface area contributed by atoms with Gasteiger partial charge in [0.05, 0.1) is 11.8 Å². The number of rotatable bonds is 5. The fraction of sp³-hybridized carbons (Fsp3) is 0.444. The number of fused-ring (bicyclic) bond motifs is 1. The summed E-state index contributed by atoms with van der Waals surface area (Å²) in [4.78, 5) is 12.2. The quantitative estimate of drug-likeness (QED) is 0.830. The van der Waals surface area contributed by atoms with Gasteiger partial charge in [0.25, 0.3) is 5.91 Å². The second kappa shape index (κ2) is 6.79. The van der Waals surface area contributed by atoms with Crippen molar-refractivity contribution in [2.24, 2.45) is 5.92 Å². The van der Waals surface area contributed by atoms with E-state index < -0.39 is 0 Å². The Morgan fingerprint density at radius 1 is 1.24 bits per heavy atom. The van der Waals surface area contributed by atoms with Crippen LogP contribution in [0.3, 0.4) is 0 Å². The summed E-state index contributed by atoms with van der Waals surface area (Å²) in [5, 5.41) is 3.89. The fourth-order valence-electron chi connectivity index (χ4n) is 3.16. The number of furan rings is 1. The van der Waals surface area contributed by atoms with Crippen LogP contribution in [0.1, 0.15) is 48.9 Å². The molecule has 1 aromatic heterocycles. The van der Waals surface area contributed by atoms with E-state index in [2.05, 4.69) is 11.7 Å². The van der Waals surface area contributed by atoms with E-state index in [0.717, 1.165) is 23.3 Å². The van der Waals surface area contributed by atoms with Crippen LogP contribution in [0.25, 0.3) is 11.0 Å². The van der Waals surface area contributed by atoms with E-state index in [0.29, 0.717) is 12.1 Å². The number of carbonyl (C=O) groups is 1. The molecule has 1 N–H and O–H groups in total. The van der Waals surface area contributed by atoms with Crippen molar-refractivity contribution in [1.29, 1.82) is 0 Å².